The van der Waals surface area contributed by atoms with E-state index in [1.54, 1.807) is 6.92 Å². The maximum atomic E-state index is 14.8. The SMILES string of the molecule is CCCCC(F)(C(=O)OCC12CC3CC(O)(CC(O)(C3)C1)C2)S(=O)(=O)O. The zero-order valence-corrected chi connectivity index (χ0v) is 15.7. The molecule has 0 heterocycles. The van der Waals surface area contributed by atoms with Gasteiger partial charge in [0.05, 0.1) is 17.8 Å². The van der Waals surface area contributed by atoms with Gasteiger partial charge in [0.2, 0.25) is 0 Å². The van der Waals surface area contributed by atoms with Gasteiger partial charge in [-0.1, -0.05) is 13.3 Å². The fourth-order valence-corrected chi connectivity index (χ4v) is 6.43. The molecule has 4 aliphatic rings. The average Bonchev–Trinajstić information content (AvgIpc) is 2.45. The minimum Gasteiger partial charge on any atom is -0.462 e. The Hall–Kier alpha value is -0.770. The minimum atomic E-state index is -5.28. The van der Waals surface area contributed by atoms with E-state index < -0.39 is 44.1 Å². The molecule has 3 atom stereocenters. The lowest BCUT2D eigenvalue weighted by atomic mass is 9.46. The Morgan fingerprint density at radius 1 is 1.19 bits per heavy atom. The van der Waals surface area contributed by atoms with Crippen LogP contribution in [0.5, 0.6) is 0 Å². The van der Waals surface area contributed by atoms with Crippen molar-refractivity contribution in [2.45, 2.75) is 80.9 Å². The number of alkyl halides is 1. The first kappa shape index (κ1) is 20.0. The number of rotatable bonds is 7. The van der Waals surface area contributed by atoms with E-state index in [9.17, 15) is 32.4 Å². The number of esters is 1. The van der Waals surface area contributed by atoms with Gasteiger partial charge in [-0.2, -0.15) is 8.42 Å². The van der Waals surface area contributed by atoms with Gasteiger partial charge >= 0.3 is 21.1 Å². The summed E-state index contributed by atoms with van der Waals surface area (Å²) in [6.45, 7) is 1.42. The molecule has 3 unspecified atom stereocenters. The summed E-state index contributed by atoms with van der Waals surface area (Å²) in [7, 11) is -5.28. The monoisotopic (exact) mass is 394 g/mol. The Morgan fingerprint density at radius 2 is 1.77 bits per heavy atom. The van der Waals surface area contributed by atoms with E-state index in [0.29, 0.717) is 38.5 Å². The van der Waals surface area contributed by atoms with E-state index in [4.69, 9.17) is 4.74 Å². The molecular formula is C17H27FO7S. The predicted molar refractivity (Wildman–Crippen MR) is 89.4 cm³/mol. The fraction of sp³-hybridized carbons (Fsp3) is 0.941. The third-order valence-corrected chi connectivity index (χ3v) is 7.39. The Bertz CT molecular complexity index is 675. The largest absolute Gasteiger partial charge is 0.462 e. The summed E-state index contributed by atoms with van der Waals surface area (Å²) in [5.41, 5.74) is -2.75. The van der Waals surface area contributed by atoms with Crippen LogP contribution in [0.2, 0.25) is 0 Å². The molecule has 7 nitrogen and oxygen atoms in total. The first-order chi connectivity index (χ1) is 11.8. The number of aliphatic hydroxyl groups is 2. The van der Waals surface area contributed by atoms with E-state index in [1.807, 2.05) is 0 Å². The van der Waals surface area contributed by atoms with Crippen LogP contribution in [0.1, 0.15) is 64.7 Å². The van der Waals surface area contributed by atoms with Crippen molar-refractivity contribution in [3.05, 3.63) is 0 Å². The Morgan fingerprint density at radius 3 is 2.23 bits per heavy atom. The number of unbranched alkanes of at least 4 members (excludes halogenated alkanes) is 1. The molecule has 26 heavy (non-hydrogen) atoms. The lowest BCUT2D eigenvalue weighted by Crippen LogP contribution is -2.64. The Kier molecular flexibility index (Phi) is 4.70. The van der Waals surface area contributed by atoms with Crippen molar-refractivity contribution in [3.8, 4) is 0 Å². The van der Waals surface area contributed by atoms with Gasteiger partial charge in [-0.3, -0.25) is 4.55 Å². The lowest BCUT2D eigenvalue weighted by Gasteiger charge is -2.63. The summed E-state index contributed by atoms with van der Waals surface area (Å²) in [5, 5.41) is 17.9. The summed E-state index contributed by atoms with van der Waals surface area (Å²) in [6.07, 6.45) is 2.59. The highest BCUT2D eigenvalue weighted by atomic mass is 32.2. The number of carbonyl (C=O) groups is 1. The molecule has 0 aromatic carbocycles. The van der Waals surface area contributed by atoms with Crippen molar-refractivity contribution in [1.82, 2.24) is 0 Å². The van der Waals surface area contributed by atoms with Crippen molar-refractivity contribution in [1.29, 1.82) is 0 Å². The molecule has 0 aromatic heterocycles. The quantitative estimate of drug-likeness (QED) is 0.444. The van der Waals surface area contributed by atoms with Gasteiger partial charge in [0.1, 0.15) is 0 Å². The zero-order chi connectivity index (χ0) is 19.4. The Balaban J connectivity index is 1.74. The summed E-state index contributed by atoms with van der Waals surface area (Å²) >= 11 is 0. The van der Waals surface area contributed by atoms with Crippen LogP contribution < -0.4 is 0 Å². The summed E-state index contributed by atoms with van der Waals surface area (Å²) in [5.74, 6) is -1.53. The van der Waals surface area contributed by atoms with E-state index in [1.165, 1.54) is 0 Å². The third-order valence-electron chi connectivity index (χ3n) is 6.20. The highest BCUT2D eigenvalue weighted by molar-refractivity contribution is 7.87. The molecule has 0 aromatic rings. The Labute approximate surface area is 152 Å². The number of hydrogen-bond donors (Lipinski definition) is 3. The van der Waals surface area contributed by atoms with Crippen LogP contribution >= 0.6 is 0 Å². The first-order valence-corrected chi connectivity index (χ1v) is 10.6. The van der Waals surface area contributed by atoms with Crippen LogP contribution in [-0.4, -0.2) is 52.0 Å². The number of halogens is 1. The standard InChI is InChI=1S/C17H27FO7S/c1-2-3-4-17(18,26(22,23)24)13(19)25-11-14-5-12-6-15(20,8-14)10-16(21,7-12)9-14/h12,20-21H,2-11H2,1H3,(H,22,23,24). The molecule has 9 heteroatoms. The second-order valence-corrected chi connectivity index (χ2v) is 10.4. The maximum Gasteiger partial charge on any atom is 0.362 e. The van der Waals surface area contributed by atoms with Gasteiger partial charge < -0.3 is 14.9 Å². The molecule has 0 spiro atoms. The molecule has 0 aliphatic heterocycles. The van der Waals surface area contributed by atoms with E-state index in [2.05, 4.69) is 0 Å². The first-order valence-electron chi connectivity index (χ1n) is 9.12. The molecular weight excluding hydrogens is 367 g/mol. The van der Waals surface area contributed by atoms with Crippen molar-refractivity contribution in [2.24, 2.45) is 11.3 Å². The van der Waals surface area contributed by atoms with Gasteiger partial charge in [0, 0.05) is 18.3 Å². The van der Waals surface area contributed by atoms with Gasteiger partial charge in [-0.25, -0.2) is 9.18 Å². The molecule has 0 amide bonds. The van der Waals surface area contributed by atoms with Crippen LogP contribution in [0, 0.1) is 11.3 Å². The van der Waals surface area contributed by atoms with Gasteiger partial charge in [-0.15, -0.1) is 0 Å². The molecule has 0 saturated heterocycles. The summed E-state index contributed by atoms with van der Waals surface area (Å²) in [4.78, 5) is 12.2. The molecule has 150 valence electrons. The smallest absolute Gasteiger partial charge is 0.362 e. The third kappa shape index (κ3) is 3.39. The van der Waals surface area contributed by atoms with Crippen LogP contribution in [0.3, 0.4) is 0 Å². The van der Waals surface area contributed by atoms with E-state index in [-0.39, 0.29) is 25.4 Å². The minimum absolute atomic E-state index is 0.0942. The molecule has 4 aliphatic carbocycles. The molecule has 3 N–H and O–H groups in total. The molecule has 4 fully saturated rings. The maximum absolute atomic E-state index is 14.8. The van der Waals surface area contributed by atoms with Gasteiger partial charge in [0.25, 0.3) is 0 Å². The normalized spacial score (nSPS) is 41.0. The van der Waals surface area contributed by atoms with Crippen molar-refractivity contribution < 1.29 is 37.1 Å². The summed E-state index contributed by atoms with van der Waals surface area (Å²) in [6, 6.07) is 0. The van der Waals surface area contributed by atoms with E-state index >= 15 is 0 Å². The van der Waals surface area contributed by atoms with Crippen molar-refractivity contribution >= 4 is 16.1 Å². The van der Waals surface area contributed by atoms with E-state index in [0.717, 1.165) is 0 Å². The van der Waals surface area contributed by atoms with Gasteiger partial charge in [0.15, 0.2) is 0 Å². The highest BCUT2D eigenvalue weighted by Crippen LogP contribution is 2.63. The van der Waals surface area contributed by atoms with Gasteiger partial charge in [-0.05, 0) is 44.4 Å². The molecule has 0 radical (unpaired) electrons. The van der Waals surface area contributed by atoms with Crippen LogP contribution in [0.4, 0.5) is 4.39 Å². The molecule has 4 saturated carbocycles. The second kappa shape index (κ2) is 6.12. The molecule has 4 rings (SSSR count). The number of carbonyl (C=O) groups excluding carboxylic acids is 1. The number of ether oxygens (including phenoxy) is 1. The highest BCUT2D eigenvalue weighted by Gasteiger charge is 2.63. The van der Waals surface area contributed by atoms with Crippen LogP contribution in [0.25, 0.3) is 0 Å². The fourth-order valence-electron chi connectivity index (χ4n) is 5.76. The second-order valence-electron chi connectivity index (χ2n) is 8.84. The summed E-state index contributed by atoms with van der Waals surface area (Å²) < 4.78 is 51.9. The van der Waals surface area contributed by atoms with Crippen molar-refractivity contribution in [3.63, 3.8) is 0 Å². The van der Waals surface area contributed by atoms with Crippen LogP contribution in [0.15, 0.2) is 0 Å². The number of hydrogen-bond acceptors (Lipinski definition) is 6. The van der Waals surface area contributed by atoms with Crippen LogP contribution in [-0.2, 0) is 19.6 Å². The topological polar surface area (TPSA) is 121 Å². The predicted octanol–water partition coefficient (Wildman–Crippen LogP) is 1.72. The lowest BCUT2D eigenvalue weighted by molar-refractivity contribution is -0.240. The van der Waals surface area contributed by atoms with Crippen molar-refractivity contribution in [2.75, 3.05) is 6.61 Å². The average molecular weight is 394 g/mol. The molecule has 4 bridgehead atoms. The zero-order valence-electron chi connectivity index (χ0n) is 14.9.